The fraction of sp³-hybridized carbons (Fsp3) is 0. The third-order valence-corrected chi connectivity index (χ3v) is 12.7. The molecule has 0 N–H and O–H groups in total. The molecule has 0 unspecified atom stereocenters. The van der Waals surface area contributed by atoms with E-state index in [1.165, 1.54) is 57.2 Å². The van der Waals surface area contributed by atoms with Gasteiger partial charge in [-0.1, -0.05) is 121 Å². The van der Waals surface area contributed by atoms with Crippen molar-refractivity contribution in [2.45, 2.75) is 0 Å². The number of anilines is 3. The average molecular weight is 700 g/mol. The van der Waals surface area contributed by atoms with E-state index in [0.29, 0.717) is 0 Å². The van der Waals surface area contributed by atoms with E-state index >= 15 is 0 Å². The van der Waals surface area contributed by atoms with Crippen LogP contribution in [0.25, 0.3) is 84.5 Å². The van der Waals surface area contributed by atoms with Gasteiger partial charge in [0.1, 0.15) is 11.2 Å². The Morgan fingerprint density at radius 2 is 1.02 bits per heavy atom. The number of rotatable bonds is 5. The number of thiophene rings is 2. The molecule has 11 rings (SSSR count). The first-order chi connectivity index (χ1) is 25.8. The predicted octanol–water partition coefficient (Wildman–Crippen LogP) is 15.1. The van der Waals surface area contributed by atoms with Gasteiger partial charge in [-0.3, -0.25) is 0 Å². The fourth-order valence-corrected chi connectivity index (χ4v) is 10.3. The summed E-state index contributed by atoms with van der Waals surface area (Å²) in [6.07, 6.45) is 0. The van der Waals surface area contributed by atoms with E-state index in [1.807, 2.05) is 34.8 Å². The lowest BCUT2D eigenvalue weighted by Gasteiger charge is -2.26. The Morgan fingerprint density at radius 3 is 1.90 bits per heavy atom. The maximum atomic E-state index is 6.25. The van der Waals surface area contributed by atoms with Crippen molar-refractivity contribution in [3.8, 4) is 22.3 Å². The molecule has 0 radical (unpaired) electrons. The zero-order chi connectivity index (χ0) is 34.2. The number of para-hydroxylation sites is 1. The molecular formula is C48H29NOS2. The summed E-state index contributed by atoms with van der Waals surface area (Å²) in [6.45, 7) is 0. The summed E-state index contributed by atoms with van der Waals surface area (Å²) >= 11 is 3.75. The molecule has 4 heteroatoms. The van der Waals surface area contributed by atoms with Crippen LogP contribution in [0.1, 0.15) is 0 Å². The van der Waals surface area contributed by atoms with Crippen molar-refractivity contribution in [1.82, 2.24) is 0 Å². The van der Waals surface area contributed by atoms with Crippen molar-refractivity contribution in [2.24, 2.45) is 0 Å². The van der Waals surface area contributed by atoms with E-state index < -0.39 is 0 Å². The van der Waals surface area contributed by atoms with Crippen LogP contribution in [0.5, 0.6) is 0 Å². The number of hydrogen-bond donors (Lipinski definition) is 0. The first-order valence-electron chi connectivity index (χ1n) is 17.5. The highest BCUT2D eigenvalue weighted by Gasteiger charge is 2.20. The van der Waals surface area contributed by atoms with E-state index in [9.17, 15) is 0 Å². The molecule has 0 fully saturated rings. The molecule has 0 atom stereocenters. The standard InChI is InChI=1S/C48H29NOS2/c1-2-10-31(11-3-1)35-14-8-15-40-41-16-9-17-42(48(41)52-47(35)40)49(34-25-27-39-38-13-5-7-19-45(38)51-46(39)29-34)33-23-20-30(21-24-33)32-22-26-37-36-12-4-6-18-43(36)50-44(37)28-32/h1-29H. The van der Waals surface area contributed by atoms with Gasteiger partial charge < -0.3 is 9.32 Å². The topological polar surface area (TPSA) is 16.4 Å². The van der Waals surface area contributed by atoms with E-state index in [2.05, 4.69) is 169 Å². The lowest BCUT2D eigenvalue weighted by atomic mass is 10.0. The van der Waals surface area contributed by atoms with Crippen molar-refractivity contribution in [1.29, 1.82) is 0 Å². The smallest absolute Gasteiger partial charge is 0.136 e. The Labute approximate surface area is 308 Å². The second kappa shape index (κ2) is 11.7. The summed E-state index contributed by atoms with van der Waals surface area (Å²) in [5.41, 5.74) is 10.1. The van der Waals surface area contributed by atoms with Crippen molar-refractivity contribution in [2.75, 3.05) is 4.90 Å². The number of benzene rings is 8. The van der Waals surface area contributed by atoms with E-state index in [1.54, 1.807) is 0 Å². The van der Waals surface area contributed by atoms with Crippen molar-refractivity contribution < 1.29 is 4.42 Å². The van der Waals surface area contributed by atoms with Gasteiger partial charge in [-0.05, 0) is 76.9 Å². The zero-order valence-electron chi connectivity index (χ0n) is 27.9. The minimum absolute atomic E-state index is 0.910. The first-order valence-corrected chi connectivity index (χ1v) is 19.1. The molecule has 0 saturated heterocycles. The molecule has 3 heterocycles. The molecule has 11 aromatic rings. The summed E-state index contributed by atoms with van der Waals surface area (Å²) in [7, 11) is 0. The minimum Gasteiger partial charge on any atom is -0.456 e. The SMILES string of the molecule is c1ccc(-c2cccc3c2sc2c(N(c4ccc(-c5ccc6c(c5)oc5ccccc56)cc4)c4ccc5c(c4)sc4ccccc45)cccc23)cc1. The van der Waals surface area contributed by atoms with Crippen LogP contribution < -0.4 is 4.90 Å². The lowest BCUT2D eigenvalue weighted by molar-refractivity contribution is 0.669. The highest BCUT2D eigenvalue weighted by atomic mass is 32.1. The molecule has 0 saturated carbocycles. The number of hydrogen-bond acceptors (Lipinski definition) is 4. The second-order valence-corrected chi connectivity index (χ2v) is 15.4. The molecule has 2 nitrogen and oxygen atoms in total. The van der Waals surface area contributed by atoms with Gasteiger partial charge in [0.05, 0.1) is 10.4 Å². The van der Waals surface area contributed by atoms with Gasteiger partial charge in [0, 0.05) is 57.8 Å². The maximum Gasteiger partial charge on any atom is 0.136 e. The summed E-state index contributed by atoms with van der Waals surface area (Å²) in [5.74, 6) is 0. The third kappa shape index (κ3) is 4.62. The predicted molar refractivity (Wildman–Crippen MR) is 225 cm³/mol. The van der Waals surface area contributed by atoms with Crippen molar-refractivity contribution in [3.63, 3.8) is 0 Å². The summed E-state index contributed by atoms with van der Waals surface area (Å²) in [5, 5.41) is 7.47. The van der Waals surface area contributed by atoms with Crippen LogP contribution in [0, 0.1) is 0 Å². The van der Waals surface area contributed by atoms with Crippen LogP contribution in [0.4, 0.5) is 17.1 Å². The van der Waals surface area contributed by atoms with Crippen LogP contribution in [-0.2, 0) is 0 Å². The third-order valence-electron chi connectivity index (χ3n) is 10.3. The molecular weight excluding hydrogens is 671 g/mol. The molecule has 244 valence electrons. The van der Waals surface area contributed by atoms with Gasteiger partial charge in [-0.25, -0.2) is 0 Å². The first kappa shape index (κ1) is 29.5. The molecule has 8 aromatic carbocycles. The molecule has 3 aromatic heterocycles. The largest absolute Gasteiger partial charge is 0.456 e. The Kier molecular flexibility index (Phi) is 6.63. The number of furan rings is 1. The van der Waals surface area contributed by atoms with Crippen LogP contribution in [0.2, 0.25) is 0 Å². The van der Waals surface area contributed by atoms with Crippen LogP contribution in [0.15, 0.2) is 180 Å². The summed E-state index contributed by atoms with van der Waals surface area (Å²) in [4.78, 5) is 2.44. The Morgan fingerprint density at radius 1 is 0.365 bits per heavy atom. The molecule has 52 heavy (non-hydrogen) atoms. The van der Waals surface area contributed by atoms with Gasteiger partial charge in [0.15, 0.2) is 0 Å². The van der Waals surface area contributed by atoms with Gasteiger partial charge in [0.25, 0.3) is 0 Å². The molecule has 0 spiro atoms. The van der Waals surface area contributed by atoms with Crippen LogP contribution >= 0.6 is 22.7 Å². The van der Waals surface area contributed by atoms with Gasteiger partial charge in [-0.15, -0.1) is 22.7 Å². The highest BCUT2D eigenvalue weighted by Crippen LogP contribution is 2.48. The van der Waals surface area contributed by atoms with Gasteiger partial charge in [0.2, 0.25) is 0 Å². The molecule has 0 aliphatic heterocycles. The molecule has 0 amide bonds. The van der Waals surface area contributed by atoms with Crippen molar-refractivity contribution in [3.05, 3.63) is 176 Å². The van der Waals surface area contributed by atoms with Crippen LogP contribution in [-0.4, -0.2) is 0 Å². The Balaban J connectivity index is 1.09. The zero-order valence-corrected chi connectivity index (χ0v) is 29.5. The average Bonchev–Trinajstić information content (AvgIpc) is 3.90. The van der Waals surface area contributed by atoms with Crippen LogP contribution in [0.3, 0.4) is 0 Å². The summed E-state index contributed by atoms with van der Waals surface area (Å²) in [6, 6.07) is 63.7. The van der Waals surface area contributed by atoms with Gasteiger partial charge >= 0.3 is 0 Å². The quantitative estimate of drug-likeness (QED) is 0.178. The summed E-state index contributed by atoms with van der Waals surface area (Å²) < 4.78 is 11.4. The second-order valence-electron chi connectivity index (χ2n) is 13.3. The van der Waals surface area contributed by atoms with Gasteiger partial charge in [-0.2, -0.15) is 0 Å². The lowest BCUT2D eigenvalue weighted by Crippen LogP contribution is -2.09. The molecule has 0 bridgehead atoms. The highest BCUT2D eigenvalue weighted by molar-refractivity contribution is 7.27. The van der Waals surface area contributed by atoms with E-state index in [4.69, 9.17) is 4.42 Å². The van der Waals surface area contributed by atoms with Crippen molar-refractivity contribution >= 4 is 102 Å². The fourth-order valence-electron chi connectivity index (χ4n) is 7.82. The van der Waals surface area contributed by atoms with E-state index in [-0.39, 0.29) is 0 Å². The normalized spacial score (nSPS) is 11.8. The maximum absolute atomic E-state index is 6.25. The monoisotopic (exact) mass is 699 g/mol. The number of nitrogens with zero attached hydrogens (tertiary/aromatic N) is 1. The minimum atomic E-state index is 0.910. The molecule has 0 aliphatic rings. The Hall–Kier alpha value is -6.20. The Bertz CT molecular complexity index is 3130. The molecule has 0 aliphatic carbocycles. The van der Waals surface area contributed by atoms with E-state index in [0.717, 1.165) is 44.4 Å². The number of fused-ring (bicyclic) bond motifs is 9.